The number of nitrogens with one attached hydrogen (secondary N) is 1. The molecule has 0 aromatic carbocycles. The number of hydrogen-bond donors (Lipinski definition) is 1. The molecule has 4 fully saturated rings. The number of rotatable bonds is 3. The molecule has 0 aromatic rings. The van der Waals surface area contributed by atoms with Gasteiger partial charge in [-0.2, -0.15) is 0 Å². The van der Waals surface area contributed by atoms with Gasteiger partial charge in [0, 0.05) is 25.0 Å². The lowest BCUT2D eigenvalue weighted by Gasteiger charge is -2.38. The van der Waals surface area contributed by atoms with Gasteiger partial charge in [0.2, 0.25) is 11.8 Å². The van der Waals surface area contributed by atoms with Crippen molar-refractivity contribution in [3.8, 4) is 0 Å². The van der Waals surface area contributed by atoms with Gasteiger partial charge in [0.15, 0.2) is 0 Å². The van der Waals surface area contributed by atoms with Crippen molar-refractivity contribution >= 4 is 11.8 Å². The van der Waals surface area contributed by atoms with Gasteiger partial charge in [-0.1, -0.05) is 0 Å². The Bertz CT molecular complexity index is 449. The van der Waals surface area contributed by atoms with Crippen LogP contribution in [0.3, 0.4) is 0 Å². The Kier molecular flexibility index (Phi) is 3.38. The van der Waals surface area contributed by atoms with E-state index < -0.39 is 0 Å². The topological polar surface area (TPSA) is 67.9 Å². The van der Waals surface area contributed by atoms with Gasteiger partial charge in [-0.3, -0.25) is 9.59 Å². The number of carbonyl (C=O) groups excluding carboxylic acids is 2. The summed E-state index contributed by atoms with van der Waals surface area (Å²) in [7, 11) is 0. The molecular weight excluding hydrogens is 272 g/mol. The average molecular weight is 294 g/mol. The normalized spacial score (nSPS) is 41.8. The van der Waals surface area contributed by atoms with Crippen LogP contribution in [0.25, 0.3) is 0 Å². The molecule has 0 bridgehead atoms. The van der Waals surface area contributed by atoms with Crippen molar-refractivity contribution < 1.29 is 19.1 Å². The van der Waals surface area contributed by atoms with E-state index in [1.54, 1.807) is 0 Å². The molecule has 1 N–H and O–H groups in total. The molecule has 3 saturated heterocycles. The molecule has 3 heterocycles. The minimum absolute atomic E-state index is 0.0577. The summed E-state index contributed by atoms with van der Waals surface area (Å²) in [5.74, 6) is 0.467. The van der Waals surface area contributed by atoms with Gasteiger partial charge in [-0.05, 0) is 25.7 Å². The molecule has 21 heavy (non-hydrogen) atoms. The zero-order chi connectivity index (χ0) is 14.4. The molecule has 6 heteroatoms. The van der Waals surface area contributed by atoms with E-state index in [1.165, 1.54) is 0 Å². The van der Waals surface area contributed by atoms with Crippen LogP contribution in [0.1, 0.15) is 25.7 Å². The Hall–Kier alpha value is -1.14. The number of piperidine rings is 1. The third kappa shape index (κ3) is 2.44. The lowest BCUT2D eigenvalue weighted by atomic mass is 10.0. The van der Waals surface area contributed by atoms with Crippen molar-refractivity contribution in [3.05, 3.63) is 0 Å². The second-order valence-corrected chi connectivity index (χ2v) is 6.62. The summed E-state index contributed by atoms with van der Waals surface area (Å²) in [6.45, 7) is 2.62. The van der Waals surface area contributed by atoms with E-state index in [0.717, 1.165) is 32.3 Å². The summed E-state index contributed by atoms with van der Waals surface area (Å²) in [5, 5.41) is 2.86. The average Bonchev–Trinajstić information content (AvgIpc) is 3.00. The van der Waals surface area contributed by atoms with Crippen molar-refractivity contribution in [2.45, 2.75) is 43.9 Å². The molecule has 116 valence electrons. The molecule has 2 unspecified atom stereocenters. The lowest BCUT2D eigenvalue weighted by Crippen LogP contribution is -2.55. The monoisotopic (exact) mass is 294 g/mol. The summed E-state index contributed by atoms with van der Waals surface area (Å²) in [6, 6.07) is -0.211. The zero-order valence-corrected chi connectivity index (χ0v) is 12.1. The van der Waals surface area contributed by atoms with Gasteiger partial charge < -0.3 is 19.7 Å². The predicted molar refractivity (Wildman–Crippen MR) is 73.4 cm³/mol. The highest BCUT2D eigenvalue weighted by Crippen LogP contribution is 2.46. The fourth-order valence-electron chi connectivity index (χ4n) is 3.95. The predicted octanol–water partition coefficient (Wildman–Crippen LogP) is -0.0826. The second-order valence-electron chi connectivity index (χ2n) is 6.62. The maximum absolute atomic E-state index is 12.8. The summed E-state index contributed by atoms with van der Waals surface area (Å²) < 4.78 is 11.2. The van der Waals surface area contributed by atoms with Crippen LogP contribution in [-0.4, -0.2) is 61.3 Å². The van der Waals surface area contributed by atoms with Crippen LogP contribution in [0.4, 0.5) is 0 Å². The first-order valence-electron chi connectivity index (χ1n) is 8.04. The van der Waals surface area contributed by atoms with E-state index in [2.05, 4.69) is 5.32 Å². The minimum Gasteiger partial charge on any atom is -0.378 e. The van der Waals surface area contributed by atoms with Gasteiger partial charge in [0.05, 0.1) is 25.4 Å². The summed E-state index contributed by atoms with van der Waals surface area (Å²) >= 11 is 0. The number of amides is 2. The third-order valence-corrected chi connectivity index (χ3v) is 5.24. The standard InChI is InChI=1S/C15H22N2O4/c18-14-12-7-11(12)13(16-14)15(19)17-3-5-20-8-9(17)6-10-2-1-4-21-10/h9-13H,1-8H2,(H,16,18)/t9?,10?,11-,12+,13+/m0/s1. The molecule has 1 aliphatic carbocycles. The number of ether oxygens (including phenoxy) is 2. The largest absolute Gasteiger partial charge is 0.378 e. The van der Waals surface area contributed by atoms with E-state index in [0.29, 0.717) is 19.8 Å². The highest BCUT2D eigenvalue weighted by molar-refractivity contribution is 5.95. The van der Waals surface area contributed by atoms with Crippen LogP contribution >= 0.6 is 0 Å². The molecule has 4 aliphatic rings. The molecule has 0 spiro atoms. The van der Waals surface area contributed by atoms with Crippen LogP contribution in [0.2, 0.25) is 0 Å². The smallest absolute Gasteiger partial charge is 0.245 e. The molecule has 5 atom stereocenters. The van der Waals surface area contributed by atoms with E-state index in [1.807, 2.05) is 4.90 Å². The van der Waals surface area contributed by atoms with Crippen molar-refractivity contribution in [3.63, 3.8) is 0 Å². The van der Waals surface area contributed by atoms with Gasteiger partial charge in [-0.25, -0.2) is 0 Å². The Morgan fingerprint density at radius 1 is 1.38 bits per heavy atom. The third-order valence-electron chi connectivity index (χ3n) is 5.24. The number of carbonyl (C=O) groups is 2. The summed E-state index contributed by atoms with van der Waals surface area (Å²) in [5.41, 5.74) is 0. The SMILES string of the molecule is O=C1N[C@@H](C(=O)N2CCOCC2CC2CCCO2)[C@H]2C[C@@H]12. The summed E-state index contributed by atoms with van der Waals surface area (Å²) in [6.07, 6.45) is 4.15. The molecule has 4 rings (SSSR count). The first kappa shape index (κ1) is 13.5. The van der Waals surface area contributed by atoms with Gasteiger partial charge in [-0.15, -0.1) is 0 Å². The van der Waals surface area contributed by atoms with Gasteiger partial charge in [0.25, 0.3) is 0 Å². The Morgan fingerprint density at radius 2 is 2.29 bits per heavy atom. The highest BCUT2D eigenvalue weighted by atomic mass is 16.5. The van der Waals surface area contributed by atoms with Gasteiger partial charge >= 0.3 is 0 Å². The fraction of sp³-hybridized carbons (Fsp3) is 0.867. The van der Waals surface area contributed by atoms with E-state index in [-0.39, 0.29) is 41.8 Å². The summed E-state index contributed by atoms with van der Waals surface area (Å²) in [4.78, 5) is 26.4. The number of hydrogen-bond acceptors (Lipinski definition) is 4. The van der Waals surface area contributed by atoms with Crippen LogP contribution in [0.15, 0.2) is 0 Å². The van der Waals surface area contributed by atoms with Crippen molar-refractivity contribution in [1.29, 1.82) is 0 Å². The van der Waals surface area contributed by atoms with Gasteiger partial charge in [0.1, 0.15) is 6.04 Å². The molecule has 0 aromatic heterocycles. The second kappa shape index (κ2) is 5.25. The van der Waals surface area contributed by atoms with Crippen LogP contribution in [-0.2, 0) is 19.1 Å². The maximum atomic E-state index is 12.8. The number of morpholine rings is 1. The molecule has 2 amide bonds. The Labute approximate surface area is 124 Å². The fourth-order valence-corrected chi connectivity index (χ4v) is 3.95. The van der Waals surface area contributed by atoms with Crippen molar-refractivity contribution in [2.24, 2.45) is 11.8 Å². The quantitative estimate of drug-likeness (QED) is 0.790. The highest BCUT2D eigenvalue weighted by Gasteiger charge is 2.57. The minimum atomic E-state index is -0.299. The van der Waals surface area contributed by atoms with Crippen molar-refractivity contribution in [1.82, 2.24) is 10.2 Å². The molecule has 0 radical (unpaired) electrons. The van der Waals surface area contributed by atoms with Crippen LogP contribution in [0, 0.1) is 11.8 Å². The first-order chi connectivity index (χ1) is 10.2. The molecule has 3 aliphatic heterocycles. The Morgan fingerprint density at radius 3 is 2.95 bits per heavy atom. The number of nitrogens with zero attached hydrogens (tertiary/aromatic N) is 1. The zero-order valence-electron chi connectivity index (χ0n) is 12.1. The van der Waals surface area contributed by atoms with Crippen LogP contribution < -0.4 is 5.32 Å². The molecule has 1 saturated carbocycles. The molecular formula is C15H22N2O4. The Balaban J connectivity index is 1.43. The van der Waals surface area contributed by atoms with Crippen LogP contribution in [0.5, 0.6) is 0 Å². The molecule has 6 nitrogen and oxygen atoms in total. The van der Waals surface area contributed by atoms with E-state index in [9.17, 15) is 9.59 Å². The maximum Gasteiger partial charge on any atom is 0.245 e. The first-order valence-corrected chi connectivity index (χ1v) is 8.04. The lowest BCUT2D eigenvalue weighted by molar-refractivity contribution is -0.144. The number of fused-ring (bicyclic) bond motifs is 1. The van der Waals surface area contributed by atoms with E-state index >= 15 is 0 Å². The van der Waals surface area contributed by atoms with Crippen molar-refractivity contribution in [2.75, 3.05) is 26.4 Å². The van der Waals surface area contributed by atoms with E-state index in [4.69, 9.17) is 9.47 Å².